The van der Waals surface area contributed by atoms with Crippen LogP contribution in [0.5, 0.6) is 5.75 Å². The largest absolute Gasteiger partial charge is 0.465 e. The zero-order chi connectivity index (χ0) is 29.3. The van der Waals surface area contributed by atoms with Crippen LogP contribution in [-0.4, -0.2) is 35.3 Å². The van der Waals surface area contributed by atoms with Crippen molar-refractivity contribution in [3.63, 3.8) is 0 Å². The van der Waals surface area contributed by atoms with Crippen molar-refractivity contribution in [1.29, 1.82) is 10.8 Å². The Hall–Kier alpha value is -5.77. The van der Waals surface area contributed by atoms with Crippen LogP contribution in [-0.2, 0) is 11.3 Å². The molecule has 204 valence electrons. The zero-order valence-electron chi connectivity index (χ0n) is 21.9. The molecule has 1 heterocycles. The molecule has 0 fully saturated rings. The van der Waals surface area contributed by atoms with Crippen molar-refractivity contribution in [3.05, 3.63) is 123 Å². The number of nitrogen functional groups attached to an aromatic ring is 2. The van der Waals surface area contributed by atoms with Crippen LogP contribution >= 0.6 is 0 Å². The lowest BCUT2D eigenvalue weighted by molar-refractivity contribution is 0.0597. The van der Waals surface area contributed by atoms with Gasteiger partial charge in [0.05, 0.1) is 24.7 Å². The minimum atomic E-state index is -0.793. The van der Waals surface area contributed by atoms with Crippen LogP contribution in [0.25, 0.3) is 21.7 Å². The Balaban J connectivity index is 1.55. The number of benzene rings is 4. The highest BCUT2D eigenvalue weighted by Gasteiger charge is 2.18. The van der Waals surface area contributed by atoms with Crippen molar-refractivity contribution in [2.75, 3.05) is 7.11 Å². The Morgan fingerprint density at radius 2 is 1.46 bits per heavy atom. The summed E-state index contributed by atoms with van der Waals surface area (Å²) in [5.41, 5.74) is 12.9. The fraction of sp³-hybridized carbons (Fsp3) is 0.0645. The zero-order valence-corrected chi connectivity index (χ0v) is 21.9. The summed E-state index contributed by atoms with van der Waals surface area (Å²) >= 11 is 0. The number of pyridine rings is 1. The molecular weight excluding hydrogens is 522 g/mol. The standard InChI is InChI=1S/C31H25N5O5/c1-40-31(39)25-15-23-14-24(41-30(38)21-4-2-3-19(12-21)27(32)33)9-10-26(23)36(29(25)37)16-17-5-6-18-7-8-20(28(34)35)13-22(18)11-17/h2-15H,16H2,1H3,(H3,32,33)(H3,34,35). The van der Waals surface area contributed by atoms with E-state index in [9.17, 15) is 14.4 Å². The number of carbonyl (C=O) groups excluding carboxylic acids is 2. The van der Waals surface area contributed by atoms with Crippen molar-refractivity contribution in [1.82, 2.24) is 4.57 Å². The minimum Gasteiger partial charge on any atom is -0.465 e. The van der Waals surface area contributed by atoms with Crippen LogP contribution in [0, 0.1) is 10.8 Å². The summed E-state index contributed by atoms with van der Waals surface area (Å²) in [6.45, 7) is 0.136. The maximum Gasteiger partial charge on any atom is 0.343 e. The molecule has 0 aliphatic carbocycles. The molecule has 0 saturated carbocycles. The van der Waals surface area contributed by atoms with Crippen molar-refractivity contribution in [2.45, 2.75) is 6.54 Å². The molecule has 0 bridgehead atoms. The number of esters is 2. The lowest BCUT2D eigenvalue weighted by Crippen LogP contribution is -2.27. The maximum absolute atomic E-state index is 13.4. The van der Waals surface area contributed by atoms with E-state index in [0.29, 0.717) is 22.0 Å². The smallest absolute Gasteiger partial charge is 0.343 e. The molecule has 1 aromatic heterocycles. The van der Waals surface area contributed by atoms with E-state index in [4.69, 9.17) is 31.8 Å². The lowest BCUT2D eigenvalue weighted by atomic mass is 10.0. The summed E-state index contributed by atoms with van der Waals surface area (Å²) in [6, 6.07) is 23.5. The van der Waals surface area contributed by atoms with E-state index in [1.807, 2.05) is 24.3 Å². The molecule has 10 nitrogen and oxygen atoms in total. The summed E-state index contributed by atoms with van der Waals surface area (Å²) < 4.78 is 11.9. The van der Waals surface area contributed by atoms with Gasteiger partial charge in [-0.1, -0.05) is 36.4 Å². The average molecular weight is 548 g/mol. The Bertz CT molecular complexity index is 1960. The van der Waals surface area contributed by atoms with Gasteiger partial charge in [0.25, 0.3) is 5.56 Å². The molecule has 0 spiro atoms. The number of ether oxygens (including phenoxy) is 2. The Morgan fingerprint density at radius 1 is 0.756 bits per heavy atom. The van der Waals surface area contributed by atoms with Gasteiger partial charge in [-0.15, -0.1) is 0 Å². The number of nitrogens with zero attached hydrogens (tertiary/aromatic N) is 1. The third-order valence-electron chi connectivity index (χ3n) is 6.65. The number of carbonyl (C=O) groups is 2. The molecule has 5 aromatic rings. The maximum atomic E-state index is 13.4. The first kappa shape index (κ1) is 26.8. The molecule has 0 aliphatic rings. The molecule has 5 rings (SSSR count). The molecular formula is C31H25N5O5. The second-order valence-electron chi connectivity index (χ2n) is 9.36. The number of fused-ring (bicyclic) bond motifs is 2. The quantitative estimate of drug-likeness (QED) is 0.104. The molecule has 0 atom stereocenters. The van der Waals surface area contributed by atoms with E-state index in [1.165, 1.54) is 23.8 Å². The van der Waals surface area contributed by atoms with E-state index >= 15 is 0 Å². The summed E-state index contributed by atoms with van der Waals surface area (Å²) in [5, 5.41) is 17.6. The molecule has 6 N–H and O–H groups in total. The first-order chi connectivity index (χ1) is 19.6. The Kier molecular flexibility index (Phi) is 7.05. The molecule has 41 heavy (non-hydrogen) atoms. The van der Waals surface area contributed by atoms with Crippen molar-refractivity contribution in [2.24, 2.45) is 11.5 Å². The predicted molar refractivity (Wildman–Crippen MR) is 156 cm³/mol. The summed E-state index contributed by atoms with van der Waals surface area (Å²) in [6.07, 6.45) is 0. The molecule has 4 aromatic carbocycles. The van der Waals surface area contributed by atoms with Gasteiger partial charge >= 0.3 is 11.9 Å². The Labute approximate surface area is 233 Å². The second kappa shape index (κ2) is 10.8. The summed E-state index contributed by atoms with van der Waals surface area (Å²) in [5.74, 6) is -1.48. The van der Waals surface area contributed by atoms with E-state index in [1.54, 1.807) is 48.5 Å². The molecule has 10 heteroatoms. The second-order valence-corrected chi connectivity index (χ2v) is 9.36. The fourth-order valence-electron chi connectivity index (χ4n) is 4.57. The molecule has 0 aliphatic heterocycles. The van der Waals surface area contributed by atoms with Gasteiger partial charge in [-0.3, -0.25) is 15.6 Å². The first-order valence-corrected chi connectivity index (χ1v) is 12.4. The normalized spacial score (nSPS) is 10.9. The summed E-state index contributed by atoms with van der Waals surface area (Å²) in [4.78, 5) is 38.7. The lowest BCUT2D eigenvalue weighted by Gasteiger charge is -2.14. The van der Waals surface area contributed by atoms with Crippen LogP contribution in [0.4, 0.5) is 0 Å². The SMILES string of the molecule is COC(=O)c1cc2cc(OC(=O)c3cccc(C(=N)N)c3)ccc2n(Cc2ccc3ccc(C(=N)N)cc3c2)c1=O. The van der Waals surface area contributed by atoms with E-state index in [2.05, 4.69) is 0 Å². The van der Waals surface area contributed by atoms with E-state index in [-0.39, 0.29) is 35.1 Å². The summed E-state index contributed by atoms with van der Waals surface area (Å²) in [7, 11) is 1.19. The number of nitrogens with one attached hydrogen (secondary N) is 2. The molecule has 0 unspecified atom stereocenters. The van der Waals surface area contributed by atoms with Gasteiger partial charge in [-0.05, 0) is 64.9 Å². The van der Waals surface area contributed by atoms with Gasteiger partial charge in [-0.25, -0.2) is 9.59 Å². The molecule has 0 amide bonds. The van der Waals surface area contributed by atoms with Crippen LogP contribution in [0.3, 0.4) is 0 Å². The minimum absolute atomic E-state index is 0.0478. The third kappa shape index (κ3) is 5.39. The highest BCUT2D eigenvalue weighted by Crippen LogP contribution is 2.24. The van der Waals surface area contributed by atoms with Crippen molar-refractivity contribution in [3.8, 4) is 5.75 Å². The van der Waals surface area contributed by atoms with Gasteiger partial charge in [0.1, 0.15) is 23.0 Å². The highest BCUT2D eigenvalue weighted by atomic mass is 16.5. The Morgan fingerprint density at radius 3 is 2.20 bits per heavy atom. The number of amidine groups is 2. The fourth-order valence-corrected chi connectivity index (χ4v) is 4.57. The average Bonchev–Trinajstić information content (AvgIpc) is 2.97. The molecule has 0 radical (unpaired) electrons. The van der Waals surface area contributed by atoms with Crippen molar-refractivity contribution < 1.29 is 19.1 Å². The van der Waals surface area contributed by atoms with Crippen LogP contribution < -0.4 is 21.8 Å². The first-order valence-electron chi connectivity index (χ1n) is 12.4. The van der Waals surface area contributed by atoms with Crippen molar-refractivity contribution >= 4 is 45.3 Å². The molecule has 0 saturated heterocycles. The van der Waals surface area contributed by atoms with Gasteiger partial charge in [0.15, 0.2) is 0 Å². The van der Waals surface area contributed by atoms with Gasteiger partial charge in [0.2, 0.25) is 0 Å². The highest BCUT2D eigenvalue weighted by molar-refractivity contribution is 6.00. The number of rotatable bonds is 7. The topological polar surface area (TPSA) is 174 Å². The number of hydrogen-bond acceptors (Lipinski definition) is 7. The number of aromatic nitrogens is 1. The monoisotopic (exact) mass is 547 g/mol. The van der Waals surface area contributed by atoms with E-state index < -0.39 is 17.5 Å². The third-order valence-corrected chi connectivity index (χ3v) is 6.65. The van der Waals surface area contributed by atoms with Crippen LogP contribution in [0.1, 0.15) is 37.4 Å². The number of hydrogen-bond donors (Lipinski definition) is 4. The van der Waals surface area contributed by atoms with Gasteiger partial charge in [-0.2, -0.15) is 0 Å². The van der Waals surface area contributed by atoms with Crippen LogP contribution in [0.15, 0.2) is 89.7 Å². The van der Waals surface area contributed by atoms with Crippen LogP contribution in [0.2, 0.25) is 0 Å². The number of nitrogens with two attached hydrogens (primary N) is 2. The number of methoxy groups -OCH3 is 1. The van der Waals surface area contributed by atoms with Gasteiger partial charge in [0, 0.05) is 16.5 Å². The van der Waals surface area contributed by atoms with Gasteiger partial charge < -0.3 is 25.5 Å². The van der Waals surface area contributed by atoms with E-state index in [0.717, 1.165) is 16.3 Å². The predicted octanol–water partition coefficient (Wildman–Crippen LogP) is 3.78.